The van der Waals surface area contributed by atoms with Crippen LogP contribution in [-0.4, -0.2) is 124 Å². The number of benzene rings is 1. The van der Waals surface area contributed by atoms with E-state index in [1.807, 2.05) is 13.0 Å². The highest BCUT2D eigenvalue weighted by Crippen LogP contribution is 2.28. The lowest BCUT2D eigenvalue weighted by Gasteiger charge is -2.39. The molecule has 1 aromatic heterocycles. The number of esters is 1. The standard InChI is InChI=1S/C38H49N7O9/c1-22-16-31-38(52)53-21-28(41-33(47)27(18-25-10-5-4-6-11-25)40-32(46)19-26-17-23(2)54-42-26)36(50)44-15-9-13-30(44)37(51)43-14-8-7-12-29(43)34(48)39-24(3)35(49)45(31)20-22/h4-6,10-11,17,22,24,27-31H,7-9,12-16,18-21H2,1-3H3,(H,39,48)(H,40,46)(H,41,47)/t22-,24-,27-,28-,29-,30-,31-/m0/s1. The molecule has 6 amide bonds. The SMILES string of the molecule is Cc1cc(CC(=O)N[C@@H](Cc2ccccc2)C(=O)N[C@H]2COC(=O)[C@@H]3C[C@H](C)CN3C(=O)[C@H](C)NC(=O)[C@@H]3CCCCN3C(=O)[C@@H]3CCCN3C2=O)no1. The first-order chi connectivity index (χ1) is 25.9. The molecule has 290 valence electrons. The molecule has 7 atom stereocenters. The van der Waals surface area contributed by atoms with Gasteiger partial charge in [0.15, 0.2) is 0 Å². The number of carbonyl (C=O) groups is 7. The average molecular weight is 748 g/mol. The molecule has 16 nitrogen and oxygen atoms in total. The summed E-state index contributed by atoms with van der Waals surface area (Å²) in [4.78, 5) is 101. The van der Waals surface area contributed by atoms with E-state index in [4.69, 9.17) is 9.26 Å². The van der Waals surface area contributed by atoms with Crippen molar-refractivity contribution in [2.75, 3.05) is 26.2 Å². The quantitative estimate of drug-likeness (QED) is 0.334. The summed E-state index contributed by atoms with van der Waals surface area (Å²) < 4.78 is 10.8. The van der Waals surface area contributed by atoms with Crippen molar-refractivity contribution in [3.63, 3.8) is 0 Å². The van der Waals surface area contributed by atoms with Crippen LogP contribution in [0.15, 0.2) is 40.9 Å². The lowest BCUT2D eigenvalue weighted by Crippen LogP contribution is -2.62. The van der Waals surface area contributed by atoms with Gasteiger partial charge in [-0.1, -0.05) is 42.4 Å². The molecular weight excluding hydrogens is 698 g/mol. The molecule has 54 heavy (non-hydrogen) atoms. The van der Waals surface area contributed by atoms with Gasteiger partial charge in [-0.25, -0.2) is 4.79 Å². The highest BCUT2D eigenvalue weighted by atomic mass is 16.5. The number of hydrogen-bond donors (Lipinski definition) is 3. The lowest BCUT2D eigenvalue weighted by atomic mass is 9.99. The highest BCUT2D eigenvalue weighted by Gasteiger charge is 2.46. The third-order valence-corrected chi connectivity index (χ3v) is 10.7. The van der Waals surface area contributed by atoms with E-state index >= 15 is 0 Å². The number of amides is 6. The van der Waals surface area contributed by atoms with Crippen LogP contribution in [0.4, 0.5) is 0 Å². The van der Waals surface area contributed by atoms with Gasteiger partial charge >= 0.3 is 5.97 Å². The Morgan fingerprint density at radius 1 is 0.907 bits per heavy atom. The molecule has 0 radical (unpaired) electrons. The first kappa shape index (κ1) is 38.4. The Balaban J connectivity index is 1.29. The van der Waals surface area contributed by atoms with Crippen LogP contribution in [0.3, 0.4) is 0 Å². The zero-order valence-corrected chi connectivity index (χ0v) is 31.0. The van der Waals surface area contributed by atoms with Crippen LogP contribution < -0.4 is 16.0 Å². The van der Waals surface area contributed by atoms with Gasteiger partial charge in [-0.2, -0.15) is 0 Å². The largest absolute Gasteiger partial charge is 0.461 e. The van der Waals surface area contributed by atoms with E-state index in [0.717, 1.165) is 5.56 Å². The number of ether oxygens (including phenoxy) is 1. The molecule has 0 saturated carbocycles. The fourth-order valence-electron chi connectivity index (χ4n) is 7.96. The average Bonchev–Trinajstić information content (AvgIpc) is 3.91. The summed E-state index contributed by atoms with van der Waals surface area (Å²) in [6.07, 6.45) is 2.87. The maximum atomic E-state index is 14.5. The van der Waals surface area contributed by atoms with Crippen molar-refractivity contribution in [1.82, 2.24) is 35.8 Å². The minimum Gasteiger partial charge on any atom is -0.461 e. The zero-order chi connectivity index (χ0) is 38.5. The Kier molecular flexibility index (Phi) is 12.0. The van der Waals surface area contributed by atoms with Gasteiger partial charge in [0, 0.05) is 32.1 Å². The molecule has 4 saturated heterocycles. The predicted molar refractivity (Wildman–Crippen MR) is 191 cm³/mol. The first-order valence-corrected chi connectivity index (χ1v) is 18.8. The van der Waals surface area contributed by atoms with Crippen LogP contribution in [0.2, 0.25) is 0 Å². The number of aromatic nitrogens is 1. The monoisotopic (exact) mass is 747 g/mol. The molecule has 3 N–H and O–H groups in total. The van der Waals surface area contributed by atoms with E-state index in [0.29, 0.717) is 56.5 Å². The van der Waals surface area contributed by atoms with Crippen molar-refractivity contribution in [2.24, 2.45) is 5.92 Å². The molecule has 0 bridgehead atoms. The fraction of sp³-hybridized carbons (Fsp3) is 0.579. The minimum absolute atomic E-state index is 0.0473. The highest BCUT2D eigenvalue weighted by molar-refractivity contribution is 5.98. The third kappa shape index (κ3) is 8.74. The van der Waals surface area contributed by atoms with E-state index in [9.17, 15) is 33.6 Å². The van der Waals surface area contributed by atoms with Crippen LogP contribution in [0, 0.1) is 12.8 Å². The molecule has 4 aliphatic rings. The number of piperidine rings is 1. The number of nitrogens with zero attached hydrogens (tertiary/aromatic N) is 4. The molecule has 4 aliphatic heterocycles. The number of carbonyl (C=O) groups excluding carboxylic acids is 7. The summed E-state index contributed by atoms with van der Waals surface area (Å²) in [5, 5.41) is 12.1. The lowest BCUT2D eigenvalue weighted by molar-refractivity contribution is -0.158. The summed E-state index contributed by atoms with van der Waals surface area (Å²) in [6, 6.07) is 4.39. The summed E-state index contributed by atoms with van der Waals surface area (Å²) >= 11 is 0. The van der Waals surface area contributed by atoms with Gasteiger partial charge in [-0.15, -0.1) is 0 Å². The van der Waals surface area contributed by atoms with Gasteiger partial charge in [0.25, 0.3) is 0 Å². The molecule has 4 fully saturated rings. The zero-order valence-electron chi connectivity index (χ0n) is 31.0. The van der Waals surface area contributed by atoms with Crippen LogP contribution in [0.1, 0.15) is 69.4 Å². The molecular formula is C38H49N7O9. The van der Waals surface area contributed by atoms with Crippen molar-refractivity contribution >= 4 is 41.4 Å². The van der Waals surface area contributed by atoms with E-state index in [1.165, 1.54) is 14.7 Å². The molecule has 1 aromatic carbocycles. The van der Waals surface area contributed by atoms with E-state index in [1.54, 1.807) is 44.2 Å². The smallest absolute Gasteiger partial charge is 0.328 e. The van der Waals surface area contributed by atoms with E-state index in [2.05, 4.69) is 21.1 Å². The molecule has 16 heteroatoms. The molecule has 0 unspecified atom stereocenters. The maximum Gasteiger partial charge on any atom is 0.328 e. The van der Waals surface area contributed by atoms with Crippen LogP contribution in [-0.2, 0) is 51.1 Å². The Labute approximate surface area is 313 Å². The third-order valence-electron chi connectivity index (χ3n) is 10.7. The molecule has 6 rings (SSSR count). The molecule has 0 aliphatic carbocycles. The van der Waals surface area contributed by atoms with E-state index < -0.39 is 78.4 Å². The second kappa shape index (κ2) is 16.8. The first-order valence-electron chi connectivity index (χ1n) is 18.8. The van der Waals surface area contributed by atoms with Crippen molar-refractivity contribution in [3.05, 3.63) is 53.4 Å². The molecule has 0 spiro atoms. The van der Waals surface area contributed by atoms with Crippen molar-refractivity contribution < 1.29 is 42.8 Å². The number of aryl methyl sites for hydroxylation is 1. The summed E-state index contributed by atoms with van der Waals surface area (Å²) in [7, 11) is 0. The minimum atomic E-state index is -1.43. The van der Waals surface area contributed by atoms with Gasteiger partial charge < -0.3 is 39.9 Å². The van der Waals surface area contributed by atoms with Gasteiger partial charge in [0.2, 0.25) is 35.4 Å². The fourth-order valence-corrected chi connectivity index (χ4v) is 7.96. The number of hydrogen-bond acceptors (Lipinski definition) is 10. The normalized spacial score (nSPS) is 27.4. The Hall–Kier alpha value is -5.28. The number of fused-ring (bicyclic) bond motifs is 3. The number of nitrogens with one attached hydrogen (secondary N) is 3. The summed E-state index contributed by atoms with van der Waals surface area (Å²) in [6.45, 7) is 5.37. The summed E-state index contributed by atoms with van der Waals surface area (Å²) in [5.41, 5.74) is 1.12. The van der Waals surface area contributed by atoms with Crippen LogP contribution >= 0.6 is 0 Å². The number of rotatable bonds is 7. The topological polar surface area (TPSA) is 201 Å². The maximum absolute atomic E-state index is 14.5. The van der Waals surface area contributed by atoms with Crippen LogP contribution in [0.25, 0.3) is 0 Å². The Bertz CT molecular complexity index is 1750. The predicted octanol–water partition coefficient (Wildman–Crippen LogP) is 0.408. The van der Waals surface area contributed by atoms with Gasteiger partial charge in [0.05, 0.1) is 12.1 Å². The number of cyclic esters (lactones) is 1. The Morgan fingerprint density at radius 2 is 1.63 bits per heavy atom. The molecule has 5 heterocycles. The second-order valence-electron chi connectivity index (χ2n) is 14.9. The summed E-state index contributed by atoms with van der Waals surface area (Å²) in [5.74, 6) is -3.44. The van der Waals surface area contributed by atoms with Crippen LogP contribution in [0.5, 0.6) is 0 Å². The van der Waals surface area contributed by atoms with Crippen molar-refractivity contribution in [3.8, 4) is 0 Å². The molecule has 2 aromatic rings. The van der Waals surface area contributed by atoms with Crippen molar-refractivity contribution in [2.45, 2.75) is 108 Å². The van der Waals surface area contributed by atoms with Gasteiger partial charge in [-0.05, 0) is 63.9 Å². The second-order valence-corrected chi connectivity index (χ2v) is 14.9. The van der Waals surface area contributed by atoms with Gasteiger partial charge in [0.1, 0.15) is 48.6 Å². The van der Waals surface area contributed by atoms with Crippen molar-refractivity contribution in [1.29, 1.82) is 0 Å². The Morgan fingerprint density at radius 3 is 2.37 bits per heavy atom. The van der Waals surface area contributed by atoms with E-state index in [-0.39, 0.29) is 37.8 Å². The van der Waals surface area contributed by atoms with Gasteiger partial charge in [-0.3, -0.25) is 28.8 Å².